The first kappa shape index (κ1) is 14.8. The topological polar surface area (TPSA) is 29.9 Å². The van der Waals surface area contributed by atoms with Crippen molar-refractivity contribution in [3.05, 3.63) is 53.1 Å². The first-order chi connectivity index (χ1) is 9.67. The quantitative estimate of drug-likeness (QED) is 0.872. The van der Waals surface area contributed by atoms with Crippen molar-refractivity contribution in [2.45, 2.75) is 46.7 Å². The minimum Gasteiger partial charge on any atom is -0.335 e. The van der Waals surface area contributed by atoms with Gasteiger partial charge in [-0.2, -0.15) is 0 Å². The van der Waals surface area contributed by atoms with Crippen LogP contribution in [0.4, 0.5) is 0 Å². The number of likely N-dealkylation sites (N-methyl/N-ethyl adjacent to an activating group) is 1. The van der Waals surface area contributed by atoms with Crippen molar-refractivity contribution < 1.29 is 0 Å². The van der Waals surface area contributed by atoms with Crippen LogP contribution in [0.5, 0.6) is 0 Å². The average Bonchev–Trinajstić information content (AvgIpc) is 2.86. The van der Waals surface area contributed by atoms with E-state index in [2.05, 4.69) is 67.0 Å². The van der Waals surface area contributed by atoms with Gasteiger partial charge in [-0.05, 0) is 44.0 Å². The van der Waals surface area contributed by atoms with E-state index in [1.165, 1.54) is 16.7 Å². The summed E-state index contributed by atoms with van der Waals surface area (Å²) < 4.78 is 2.22. The number of nitrogens with zero attached hydrogens (tertiary/aromatic N) is 2. The zero-order valence-electron chi connectivity index (χ0n) is 13.0. The predicted octanol–water partition coefficient (Wildman–Crippen LogP) is 3.41. The molecule has 3 nitrogen and oxygen atoms in total. The lowest BCUT2D eigenvalue weighted by atomic mass is 9.94. The molecule has 3 heteroatoms. The van der Waals surface area contributed by atoms with Gasteiger partial charge in [0.05, 0.1) is 0 Å². The molecule has 0 amide bonds. The highest BCUT2D eigenvalue weighted by atomic mass is 15.1. The highest BCUT2D eigenvalue weighted by molar-refractivity contribution is 5.36. The Labute approximate surface area is 122 Å². The molecule has 2 aromatic rings. The Bertz CT molecular complexity index is 537. The smallest absolute Gasteiger partial charge is 0.110 e. The Kier molecular flexibility index (Phi) is 4.96. The molecule has 20 heavy (non-hydrogen) atoms. The molecule has 1 N–H and O–H groups in total. The van der Waals surface area contributed by atoms with Crippen LogP contribution in [0.3, 0.4) is 0 Å². The normalized spacial score (nSPS) is 12.6. The maximum Gasteiger partial charge on any atom is 0.110 e. The molecule has 108 valence electrons. The monoisotopic (exact) mass is 271 g/mol. The second-order valence-electron chi connectivity index (χ2n) is 5.25. The van der Waals surface area contributed by atoms with Crippen molar-refractivity contribution in [3.63, 3.8) is 0 Å². The Balaban J connectivity index is 2.32. The van der Waals surface area contributed by atoms with Crippen molar-refractivity contribution in [2.75, 3.05) is 6.54 Å². The molecule has 2 rings (SSSR count). The van der Waals surface area contributed by atoms with Gasteiger partial charge in [0.15, 0.2) is 0 Å². The fourth-order valence-electron chi connectivity index (χ4n) is 2.90. The van der Waals surface area contributed by atoms with E-state index in [4.69, 9.17) is 0 Å². The summed E-state index contributed by atoms with van der Waals surface area (Å²) in [5.74, 6) is 1.15. The molecular formula is C17H25N3. The van der Waals surface area contributed by atoms with Gasteiger partial charge in [0.2, 0.25) is 0 Å². The first-order valence-corrected chi connectivity index (χ1v) is 7.46. The molecule has 0 spiro atoms. The minimum absolute atomic E-state index is 0.328. The predicted molar refractivity (Wildman–Crippen MR) is 83.9 cm³/mol. The molecule has 0 saturated heterocycles. The second kappa shape index (κ2) is 6.71. The van der Waals surface area contributed by atoms with E-state index in [-0.39, 0.29) is 0 Å². The van der Waals surface area contributed by atoms with Crippen LogP contribution in [0.1, 0.15) is 42.4 Å². The van der Waals surface area contributed by atoms with Crippen LogP contribution in [-0.2, 0) is 13.0 Å². The summed E-state index contributed by atoms with van der Waals surface area (Å²) in [5.41, 5.74) is 4.12. The van der Waals surface area contributed by atoms with Crippen LogP contribution in [0.25, 0.3) is 0 Å². The van der Waals surface area contributed by atoms with Gasteiger partial charge in [-0.15, -0.1) is 0 Å². The molecule has 1 unspecified atom stereocenters. The van der Waals surface area contributed by atoms with Crippen molar-refractivity contribution in [2.24, 2.45) is 0 Å². The highest BCUT2D eigenvalue weighted by Crippen LogP contribution is 2.24. The minimum atomic E-state index is 0.328. The molecule has 0 saturated carbocycles. The number of aryl methyl sites for hydroxylation is 3. The molecule has 0 aliphatic carbocycles. The van der Waals surface area contributed by atoms with E-state index >= 15 is 0 Å². The van der Waals surface area contributed by atoms with Gasteiger partial charge in [0, 0.05) is 31.4 Å². The van der Waals surface area contributed by atoms with E-state index in [9.17, 15) is 0 Å². The zero-order chi connectivity index (χ0) is 14.5. The molecule has 0 aliphatic rings. The number of benzene rings is 1. The number of hydrogen-bond donors (Lipinski definition) is 1. The molecule has 1 aromatic heterocycles. The Morgan fingerprint density at radius 1 is 1.20 bits per heavy atom. The number of imidazole rings is 1. The summed E-state index contributed by atoms with van der Waals surface area (Å²) in [7, 11) is 0. The van der Waals surface area contributed by atoms with Crippen molar-refractivity contribution in [3.8, 4) is 0 Å². The Morgan fingerprint density at radius 3 is 2.50 bits per heavy atom. The summed E-state index contributed by atoms with van der Waals surface area (Å²) in [6, 6.07) is 6.84. The number of rotatable bonds is 6. The maximum atomic E-state index is 4.52. The molecule has 0 bridgehead atoms. The first-order valence-electron chi connectivity index (χ1n) is 7.46. The lowest BCUT2D eigenvalue weighted by molar-refractivity contribution is 0.518. The fourth-order valence-corrected chi connectivity index (χ4v) is 2.90. The third-order valence-corrected chi connectivity index (χ3v) is 3.87. The van der Waals surface area contributed by atoms with E-state index in [0.29, 0.717) is 6.04 Å². The van der Waals surface area contributed by atoms with Crippen molar-refractivity contribution >= 4 is 0 Å². The van der Waals surface area contributed by atoms with Gasteiger partial charge in [-0.25, -0.2) is 4.98 Å². The number of nitrogens with one attached hydrogen (secondary N) is 1. The second-order valence-corrected chi connectivity index (χ2v) is 5.25. The largest absolute Gasteiger partial charge is 0.335 e. The van der Waals surface area contributed by atoms with Gasteiger partial charge in [-0.3, -0.25) is 0 Å². The highest BCUT2D eigenvalue weighted by Gasteiger charge is 2.17. The summed E-state index contributed by atoms with van der Waals surface area (Å²) in [6.45, 7) is 10.6. The Morgan fingerprint density at radius 2 is 1.90 bits per heavy atom. The number of aromatic nitrogens is 2. The van der Waals surface area contributed by atoms with E-state index in [1.807, 2.05) is 6.20 Å². The maximum absolute atomic E-state index is 4.52. The third-order valence-electron chi connectivity index (χ3n) is 3.87. The van der Waals surface area contributed by atoms with E-state index in [1.54, 1.807) is 0 Å². The molecule has 1 atom stereocenters. The molecule has 1 aromatic carbocycles. The fraction of sp³-hybridized carbons (Fsp3) is 0.471. The zero-order valence-corrected chi connectivity index (χ0v) is 13.0. The molecule has 0 radical (unpaired) electrons. The third kappa shape index (κ3) is 3.10. The molecule has 0 aliphatic heterocycles. The van der Waals surface area contributed by atoms with Gasteiger partial charge in [-0.1, -0.05) is 25.1 Å². The average molecular weight is 271 g/mol. The summed E-state index contributed by atoms with van der Waals surface area (Å²) in [6.07, 6.45) is 4.88. The number of hydrogen-bond acceptors (Lipinski definition) is 2. The van der Waals surface area contributed by atoms with Crippen LogP contribution in [0, 0.1) is 13.8 Å². The van der Waals surface area contributed by atoms with Crippen molar-refractivity contribution in [1.82, 2.24) is 14.9 Å². The van der Waals surface area contributed by atoms with Crippen LogP contribution in [0.15, 0.2) is 30.6 Å². The van der Waals surface area contributed by atoms with Crippen LogP contribution >= 0.6 is 0 Å². The lowest BCUT2D eigenvalue weighted by Gasteiger charge is -2.22. The summed E-state index contributed by atoms with van der Waals surface area (Å²) >= 11 is 0. The van der Waals surface area contributed by atoms with Gasteiger partial charge in [0.25, 0.3) is 0 Å². The van der Waals surface area contributed by atoms with Crippen LogP contribution in [0.2, 0.25) is 0 Å². The lowest BCUT2D eigenvalue weighted by Crippen LogP contribution is -2.25. The summed E-state index contributed by atoms with van der Waals surface area (Å²) in [5, 5.41) is 3.62. The van der Waals surface area contributed by atoms with Crippen LogP contribution < -0.4 is 5.32 Å². The van der Waals surface area contributed by atoms with Gasteiger partial charge < -0.3 is 9.88 Å². The van der Waals surface area contributed by atoms with Gasteiger partial charge >= 0.3 is 0 Å². The van der Waals surface area contributed by atoms with Crippen LogP contribution in [-0.4, -0.2) is 16.1 Å². The van der Waals surface area contributed by atoms with Gasteiger partial charge in [0.1, 0.15) is 5.82 Å². The molecule has 0 fully saturated rings. The van der Waals surface area contributed by atoms with Crippen molar-refractivity contribution in [1.29, 1.82) is 0 Å². The SMILES string of the molecule is CCNC(Cc1nccn1CC)c1c(C)cccc1C. The standard InChI is InChI=1S/C17H25N3/c1-5-18-15(12-16-19-10-11-20(16)6-2)17-13(3)8-7-9-14(17)4/h7-11,15,18H,5-6,12H2,1-4H3. The molecular weight excluding hydrogens is 246 g/mol. The molecule has 1 heterocycles. The summed E-state index contributed by atoms with van der Waals surface area (Å²) in [4.78, 5) is 4.52. The Hall–Kier alpha value is -1.61. The van der Waals surface area contributed by atoms with E-state index in [0.717, 1.165) is 25.3 Å². The van der Waals surface area contributed by atoms with E-state index < -0.39 is 0 Å².